The highest BCUT2D eigenvalue weighted by atomic mass is 35.5. The van der Waals surface area contributed by atoms with Gasteiger partial charge in [-0.05, 0) is 42.7 Å². The third kappa shape index (κ3) is 3.08. The van der Waals surface area contributed by atoms with E-state index in [2.05, 4.69) is 10.3 Å². The van der Waals surface area contributed by atoms with Gasteiger partial charge in [0.2, 0.25) is 5.91 Å². The maximum absolute atomic E-state index is 12.4. The molecule has 1 N–H and O–H groups in total. The van der Waals surface area contributed by atoms with Crippen LogP contribution in [0.5, 0.6) is 0 Å². The Kier molecular flexibility index (Phi) is 3.93. The fourth-order valence-corrected chi connectivity index (χ4v) is 2.69. The summed E-state index contributed by atoms with van der Waals surface area (Å²) in [4.78, 5) is 16.7. The van der Waals surface area contributed by atoms with Gasteiger partial charge in [0, 0.05) is 29.9 Å². The average molecular weight is 301 g/mol. The molecular formula is C17H17ClN2O. The van der Waals surface area contributed by atoms with Crippen LogP contribution in [0, 0.1) is 0 Å². The van der Waals surface area contributed by atoms with Gasteiger partial charge in [0.15, 0.2) is 0 Å². The van der Waals surface area contributed by atoms with E-state index in [1.807, 2.05) is 42.5 Å². The zero-order valence-electron chi connectivity index (χ0n) is 11.7. The molecule has 1 heterocycles. The number of amides is 1. The minimum atomic E-state index is -0.339. The fourth-order valence-electron chi connectivity index (χ4n) is 2.56. The van der Waals surface area contributed by atoms with E-state index in [1.165, 1.54) is 0 Å². The van der Waals surface area contributed by atoms with Gasteiger partial charge in [0.25, 0.3) is 0 Å². The summed E-state index contributed by atoms with van der Waals surface area (Å²) < 4.78 is 0. The monoisotopic (exact) mass is 300 g/mol. The van der Waals surface area contributed by atoms with Gasteiger partial charge in [-0.2, -0.15) is 0 Å². The van der Waals surface area contributed by atoms with Crippen LogP contribution in [-0.4, -0.2) is 17.4 Å². The Balaban J connectivity index is 1.59. The van der Waals surface area contributed by atoms with Crippen molar-refractivity contribution < 1.29 is 4.79 Å². The predicted octanol–water partition coefficient (Wildman–Crippen LogP) is 3.13. The molecule has 4 heteroatoms. The summed E-state index contributed by atoms with van der Waals surface area (Å²) in [6.45, 7) is 0.616. The first-order valence-corrected chi connectivity index (χ1v) is 7.53. The highest BCUT2D eigenvalue weighted by Gasteiger charge is 2.50. The largest absolute Gasteiger partial charge is 0.355 e. The third-order valence-corrected chi connectivity index (χ3v) is 4.23. The van der Waals surface area contributed by atoms with E-state index in [4.69, 9.17) is 11.6 Å². The van der Waals surface area contributed by atoms with Crippen LogP contribution in [0.25, 0.3) is 0 Å². The molecule has 0 spiro atoms. The Hall–Kier alpha value is -1.87. The van der Waals surface area contributed by atoms with Crippen molar-refractivity contribution in [3.8, 4) is 0 Å². The summed E-state index contributed by atoms with van der Waals surface area (Å²) in [5.41, 5.74) is 1.71. The van der Waals surface area contributed by atoms with Gasteiger partial charge >= 0.3 is 0 Å². The number of hydrogen-bond donors (Lipinski definition) is 1. The van der Waals surface area contributed by atoms with Crippen molar-refractivity contribution in [2.75, 3.05) is 6.54 Å². The first kappa shape index (κ1) is 14.1. The normalized spacial score (nSPS) is 15.5. The molecule has 0 aliphatic heterocycles. The topological polar surface area (TPSA) is 42.0 Å². The van der Waals surface area contributed by atoms with Crippen molar-refractivity contribution in [2.45, 2.75) is 24.7 Å². The van der Waals surface area contributed by atoms with Crippen molar-refractivity contribution in [1.82, 2.24) is 10.3 Å². The Bertz CT molecular complexity index is 621. The zero-order valence-corrected chi connectivity index (χ0v) is 12.4. The number of nitrogens with zero attached hydrogens (tertiary/aromatic N) is 1. The molecule has 0 saturated heterocycles. The minimum absolute atomic E-state index is 0.112. The maximum atomic E-state index is 12.4. The van der Waals surface area contributed by atoms with Gasteiger partial charge in [-0.1, -0.05) is 29.8 Å². The fraction of sp³-hybridized carbons (Fsp3) is 0.294. The SMILES string of the molecule is O=C(NCCc1ccccn1)C1(c2ccc(Cl)cc2)CC1. The average Bonchev–Trinajstić information content (AvgIpc) is 3.31. The number of halogens is 1. The first-order valence-electron chi connectivity index (χ1n) is 7.15. The molecule has 108 valence electrons. The lowest BCUT2D eigenvalue weighted by Gasteiger charge is -2.15. The highest BCUT2D eigenvalue weighted by molar-refractivity contribution is 6.30. The molecular weight excluding hydrogens is 284 g/mol. The standard InChI is InChI=1S/C17H17ClN2O/c18-14-6-4-13(5-7-14)17(9-10-17)16(21)20-12-8-15-3-1-2-11-19-15/h1-7,11H,8-10,12H2,(H,20,21). The second kappa shape index (κ2) is 5.86. The molecule has 1 aromatic heterocycles. The molecule has 1 amide bonds. The number of hydrogen-bond acceptors (Lipinski definition) is 2. The van der Waals surface area contributed by atoms with E-state index in [1.54, 1.807) is 6.20 Å². The molecule has 0 bridgehead atoms. The summed E-state index contributed by atoms with van der Waals surface area (Å²) in [6, 6.07) is 13.4. The van der Waals surface area contributed by atoms with Crippen LogP contribution >= 0.6 is 11.6 Å². The second-order valence-electron chi connectivity index (χ2n) is 5.42. The van der Waals surface area contributed by atoms with E-state index in [9.17, 15) is 4.79 Å². The number of rotatable bonds is 5. The Morgan fingerprint density at radius 2 is 1.95 bits per heavy atom. The summed E-state index contributed by atoms with van der Waals surface area (Å²) >= 11 is 5.91. The second-order valence-corrected chi connectivity index (χ2v) is 5.85. The molecule has 2 aromatic rings. The summed E-state index contributed by atoms with van der Waals surface area (Å²) in [5.74, 6) is 0.112. The van der Waals surface area contributed by atoms with Crippen molar-refractivity contribution in [3.63, 3.8) is 0 Å². The van der Waals surface area contributed by atoms with Gasteiger partial charge < -0.3 is 5.32 Å². The van der Waals surface area contributed by atoms with Crippen molar-refractivity contribution >= 4 is 17.5 Å². The highest BCUT2D eigenvalue weighted by Crippen LogP contribution is 2.48. The molecule has 1 fully saturated rings. The lowest BCUT2D eigenvalue weighted by Crippen LogP contribution is -2.36. The predicted molar refractivity (Wildman–Crippen MR) is 83.3 cm³/mol. The molecule has 0 atom stereocenters. The quantitative estimate of drug-likeness (QED) is 0.922. The van der Waals surface area contributed by atoms with Crippen LogP contribution in [0.1, 0.15) is 24.1 Å². The Morgan fingerprint density at radius 3 is 2.57 bits per heavy atom. The number of carbonyl (C=O) groups excluding carboxylic acids is 1. The van der Waals surface area contributed by atoms with Crippen LogP contribution in [0.15, 0.2) is 48.7 Å². The number of nitrogens with one attached hydrogen (secondary N) is 1. The van der Waals surface area contributed by atoms with Gasteiger partial charge in [-0.3, -0.25) is 9.78 Å². The Labute approximate surface area is 129 Å². The first-order chi connectivity index (χ1) is 10.2. The zero-order chi connectivity index (χ0) is 14.7. The van der Waals surface area contributed by atoms with Crippen LogP contribution in [0.4, 0.5) is 0 Å². The van der Waals surface area contributed by atoms with E-state index in [0.29, 0.717) is 11.6 Å². The van der Waals surface area contributed by atoms with Gasteiger partial charge in [0.05, 0.1) is 5.41 Å². The molecule has 1 aliphatic carbocycles. The van der Waals surface area contributed by atoms with Crippen molar-refractivity contribution in [1.29, 1.82) is 0 Å². The molecule has 0 unspecified atom stereocenters. The summed E-state index contributed by atoms with van der Waals surface area (Å²) in [7, 11) is 0. The van der Waals surface area contributed by atoms with E-state index >= 15 is 0 Å². The number of pyridine rings is 1. The third-order valence-electron chi connectivity index (χ3n) is 3.97. The van der Waals surface area contributed by atoms with Crippen LogP contribution < -0.4 is 5.32 Å². The van der Waals surface area contributed by atoms with Gasteiger partial charge in [-0.25, -0.2) is 0 Å². The molecule has 1 saturated carbocycles. The summed E-state index contributed by atoms with van der Waals surface area (Å²) in [6.07, 6.45) is 4.34. The Morgan fingerprint density at radius 1 is 1.19 bits per heavy atom. The van der Waals surface area contributed by atoms with Crippen molar-refractivity contribution in [3.05, 3.63) is 64.9 Å². The smallest absolute Gasteiger partial charge is 0.230 e. The van der Waals surface area contributed by atoms with Crippen LogP contribution in [0.2, 0.25) is 5.02 Å². The van der Waals surface area contributed by atoms with E-state index < -0.39 is 0 Å². The van der Waals surface area contributed by atoms with Gasteiger partial charge in [-0.15, -0.1) is 0 Å². The lowest BCUT2D eigenvalue weighted by atomic mass is 9.95. The number of carbonyl (C=O) groups is 1. The van der Waals surface area contributed by atoms with Crippen LogP contribution in [0.3, 0.4) is 0 Å². The molecule has 0 radical (unpaired) electrons. The number of aromatic nitrogens is 1. The number of benzene rings is 1. The van der Waals surface area contributed by atoms with E-state index in [0.717, 1.165) is 30.5 Å². The van der Waals surface area contributed by atoms with Gasteiger partial charge in [0.1, 0.15) is 0 Å². The molecule has 1 aliphatic rings. The maximum Gasteiger partial charge on any atom is 0.230 e. The van der Waals surface area contributed by atoms with Crippen molar-refractivity contribution in [2.24, 2.45) is 0 Å². The molecule has 3 rings (SSSR count). The minimum Gasteiger partial charge on any atom is -0.355 e. The van der Waals surface area contributed by atoms with Crippen LogP contribution in [-0.2, 0) is 16.6 Å². The molecule has 3 nitrogen and oxygen atoms in total. The lowest BCUT2D eigenvalue weighted by molar-refractivity contribution is -0.123. The summed E-state index contributed by atoms with van der Waals surface area (Å²) in [5, 5.41) is 3.73. The molecule has 21 heavy (non-hydrogen) atoms. The van der Waals surface area contributed by atoms with E-state index in [-0.39, 0.29) is 11.3 Å². The molecule has 1 aromatic carbocycles.